The number of hydrogen-bond acceptors (Lipinski definition) is 3. The second kappa shape index (κ2) is 6.51. The number of aromatic amines is 1. The highest BCUT2D eigenvalue weighted by atomic mass is 19.4. The first-order valence-corrected chi connectivity index (χ1v) is 7.52. The minimum atomic E-state index is -4.61. The third kappa shape index (κ3) is 3.60. The fourth-order valence-electron chi connectivity index (χ4n) is 2.60. The largest absolute Gasteiger partial charge is 0.417 e. The topological polar surface area (TPSA) is 62.8 Å². The van der Waals surface area contributed by atoms with E-state index in [0.717, 1.165) is 23.0 Å². The number of ketones is 2. The van der Waals surface area contributed by atoms with Crippen molar-refractivity contribution in [2.75, 3.05) is 0 Å². The first kappa shape index (κ1) is 16.9. The number of Topliss-reactive ketones (excluding diaryl/α,β-unsaturated/α-hetero) is 2. The standard InChI is InChI=1S/C18H13F3N2O2/c19-18(20,21)14-4-2-1-3-13(14)17(25)8-7-16(24)11-5-6-15-12(9-11)10-22-23-15/h1-6,9-10H,7-8H2,(H,22,23). The average molecular weight is 346 g/mol. The third-order valence-electron chi connectivity index (χ3n) is 3.87. The van der Waals surface area contributed by atoms with Crippen molar-refractivity contribution in [2.45, 2.75) is 19.0 Å². The molecule has 1 aromatic heterocycles. The van der Waals surface area contributed by atoms with Gasteiger partial charge in [-0.05, 0) is 24.3 Å². The fourth-order valence-corrected chi connectivity index (χ4v) is 2.60. The normalized spacial score (nSPS) is 11.6. The van der Waals surface area contributed by atoms with Crippen molar-refractivity contribution in [3.63, 3.8) is 0 Å². The lowest BCUT2D eigenvalue weighted by Crippen LogP contribution is -2.14. The van der Waals surface area contributed by atoms with E-state index in [1.165, 1.54) is 12.1 Å². The van der Waals surface area contributed by atoms with Crippen molar-refractivity contribution in [2.24, 2.45) is 0 Å². The third-order valence-corrected chi connectivity index (χ3v) is 3.87. The molecule has 7 heteroatoms. The molecular formula is C18H13F3N2O2. The Labute approximate surface area is 140 Å². The number of aromatic nitrogens is 2. The molecule has 4 nitrogen and oxygen atoms in total. The summed E-state index contributed by atoms with van der Waals surface area (Å²) in [6.45, 7) is 0. The van der Waals surface area contributed by atoms with Crippen LogP contribution in [-0.4, -0.2) is 21.8 Å². The van der Waals surface area contributed by atoms with Gasteiger partial charge in [0.2, 0.25) is 0 Å². The number of nitrogens with zero attached hydrogens (tertiary/aromatic N) is 1. The van der Waals surface area contributed by atoms with Crippen LogP contribution in [0, 0.1) is 0 Å². The van der Waals surface area contributed by atoms with E-state index in [9.17, 15) is 22.8 Å². The highest BCUT2D eigenvalue weighted by molar-refractivity contribution is 6.04. The molecule has 2 aromatic carbocycles. The molecule has 3 rings (SSSR count). The van der Waals surface area contributed by atoms with E-state index >= 15 is 0 Å². The first-order chi connectivity index (χ1) is 11.9. The zero-order chi connectivity index (χ0) is 18.0. The van der Waals surface area contributed by atoms with Crippen molar-refractivity contribution < 1.29 is 22.8 Å². The second-order valence-corrected chi connectivity index (χ2v) is 5.56. The number of hydrogen-bond donors (Lipinski definition) is 1. The Balaban J connectivity index is 1.73. The number of carbonyl (C=O) groups is 2. The van der Waals surface area contributed by atoms with E-state index in [0.29, 0.717) is 5.56 Å². The van der Waals surface area contributed by atoms with Gasteiger partial charge in [-0.25, -0.2) is 0 Å². The highest BCUT2D eigenvalue weighted by Crippen LogP contribution is 2.32. The van der Waals surface area contributed by atoms with Crippen molar-refractivity contribution in [3.8, 4) is 0 Å². The fraction of sp³-hybridized carbons (Fsp3) is 0.167. The zero-order valence-corrected chi connectivity index (χ0v) is 12.9. The maximum atomic E-state index is 13.0. The van der Waals surface area contributed by atoms with Crippen LogP contribution in [0.1, 0.15) is 39.1 Å². The summed E-state index contributed by atoms with van der Waals surface area (Å²) < 4.78 is 38.9. The molecule has 0 atom stereocenters. The lowest BCUT2D eigenvalue weighted by molar-refractivity contribution is -0.137. The highest BCUT2D eigenvalue weighted by Gasteiger charge is 2.34. The van der Waals surface area contributed by atoms with E-state index in [4.69, 9.17) is 0 Å². The van der Waals surface area contributed by atoms with Crippen molar-refractivity contribution in [1.82, 2.24) is 10.2 Å². The number of rotatable bonds is 5. The zero-order valence-electron chi connectivity index (χ0n) is 12.9. The molecule has 0 aliphatic rings. The van der Waals surface area contributed by atoms with Gasteiger partial charge in [0, 0.05) is 29.4 Å². The van der Waals surface area contributed by atoms with E-state index in [1.54, 1.807) is 24.4 Å². The van der Waals surface area contributed by atoms with Crippen LogP contribution >= 0.6 is 0 Å². The number of carbonyl (C=O) groups excluding carboxylic acids is 2. The van der Waals surface area contributed by atoms with Gasteiger partial charge in [-0.2, -0.15) is 18.3 Å². The molecule has 0 saturated heterocycles. The van der Waals surface area contributed by atoms with Gasteiger partial charge in [0.25, 0.3) is 0 Å². The van der Waals surface area contributed by atoms with Crippen LogP contribution in [0.2, 0.25) is 0 Å². The molecule has 3 aromatic rings. The van der Waals surface area contributed by atoms with Crippen molar-refractivity contribution in [3.05, 3.63) is 65.4 Å². The number of fused-ring (bicyclic) bond motifs is 1. The SMILES string of the molecule is O=C(CCC(=O)c1ccccc1C(F)(F)F)c1ccc2[nH]ncc2c1. The molecule has 0 unspecified atom stereocenters. The summed E-state index contributed by atoms with van der Waals surface area (Å²) in [7, 11) is 0. The molecule has 1 N–H and O–H groups in total. The van der Waals surface area contributed by atoms with Gasteiger partial charge >= 0.3 is 6.18 Å². The molecule has 0 radical (unpaired) electrons. The minimum Gasteiger partial charge on any atom is -0.294 e. The molecule has 0 amide bonds. The van der Waals surface area contributed by atoms with Crippen molar-refractivity contribution in [1.29, 1.82) is 0 Å². The Hall–Kier alpha value is -2.96. The summed E-state index contributed by atoms with van der Waals surface area (Å²) >= 11 is 0. The number of halogens is 3. The average Bonchev–Trinajstić information content (AvgIpc) is 3.06. The molecule has 0 bridgehead atoms. The summed E-state index contributed by atoms with van der Waals surface area (Å²) in [6, 6.07) is 9.51. The maximum absolute atomic E-state index is 13.0. The minimum absolute atomic E-state index is 0.158. The van der Waals surface area contributed by atoms with Crippen LogP contribution in [0.25, 0.3) is 10.9 Å². The Morgan fingerprint density at radius 2 is 1.72 bits per heavy atom. The molecule has 0 aliphatic carbocycles. The first-order valence-electron chi connectivity index (χ1n) is 7.52. The van der Waals surface area contributed by atoms with Gasteiger partial charge in [0.1, 0.15) is 0 Å². The molecule has 25 heavy (non-hydrogen) atoms. The summed E-state index contributed by atoms with van der Waals surface area (Å²) in [6.07, 6.45) is -3.48. The van der Waals surface area contributed by atoms with Gasteiger partial charge in [0.15, 0.2) is 11.6 Å². The van der Waals surface area contributed by atoms with Gasteiger partial charge in [-0.1, -0.05) is 18.2 Å². The lowest BCUT2D eigenvalue weighted by Gasteiger charge is -2.11. The molecule has 0 saturated carbocycles. The number of alkyl halides is 3. The number of benzene rings is 2. The molecule has 1 heterocycles. The van der Waals surface area contributed by atoms with Crippen LogP contribution < -0.4 is 0 Å². The van der Waals surface area contributed by atoms with Gasteiger partial charge < -0.3 is 0 Å². The molecule has 0 fully saturated rings. The lowest BCUT2D eigenvalue weighted by atomic mass is 9.97. The van der Waals surface area contributed by atoms with Crippen LogP contribution in [0.5, 0.6) is 0 Å². The monoisotopic (exact) mass is 346 g/mol. The molecule has 0 aliphatic heterocycles. The maximum Gasteiger partial charge on any atom is 0.417 e. The summed E-state index contributed by atoms with van der Waals surface area (Å²) in [5.41, 5.74) is -0.224. The number of H-pyrrole nitrogens is 1. The van der Waals surface area contributed by atoms with Crippen LogP contribution in [0.3, 0.4) is 0 Å². The van der Waals surface area contributed by atoms with E-state index in [-0.39, 0.29) is 18.6 Å². The Bertz CT molecular complexity index is 945. The quantitative estimate of drug-likeness (QED) is 0.695. The molecule has 128 valence electrons. The molecular weight excluding hydrogens is 333 g/mol. The van der Waals surface area contributed by atoms with E-state index in [2.05, 4.69) is 10.2 Å². The number of nitrogens with one attached hydrogen (secondary N) is 1. The Morgan fingerprint density at radius 1 is 1.00 bits per heavy atom. The summed E-state index contributed by atoms with van der Waals surface area (Å²) in [5.74, 6) is -1.01. The summed E-state index contributed by atoms with van der Waals surface area (Å²) in [4.78, 5) is 24.4. The van der Waals surface area contributed by atoms with Crippen LogP contribution in [0.4, 0.5) is 13.2 Å². The second-order valence-electron chi connectivity index (χ2n) is 5.56. The van der Waals surface area contributed by atoms with E-state index < -0.39 is 23.1 Å². The van der Waals surface area contributed by atoms with E-state index in [1.807, 2.05) is 0 Å². The van der Waals surface area contributed by atoms with Crippen molar-refractivity contribution >= 4 is 22.5 Å². The predicted molar refractivity (Wildman–Crippen MR) is 85.4 cm³/mol. The van der Waals surface area contributed by atoms with Gasteiger partial charge in [-0.15, -0.1) is 0 Å². The van der Waals surface area contributed by atoms with Gasteiger partial charge in [0.05, 0.1) is 17.3 Å². The van der Waals surface area contributed by atoms with Crippen LogP contribution in [0.15, 0.2) is 48.7 Å². The summed E-state index contributed by atoms with van der Waals surface area (Å²) in [5, 5.41) is 7.36. The predicted octanol–water partition coefficient (Wildman–Crippen LogP) is 4.43. The molecule has 0 spiro atoms. The van der Waals surface area contributed by atoms with Crippen LogP contribution in [-0.2, 0) is 6.18 Å². The smallest absolute Gasteiger partial charge is 0.294 e. The van der Waals surface area contributed by atoms with Gasteiger partial charge in [-0.3, -0.25) is 14.7 Å². The Kier molecular flexibility index (Phi) is 4.39. The Morgan fingerprint density at radius 3 is 2.48 bits per heavy atom.